The van der Waals surface area contributed by atoms with Crippen LogP contribution >= 0.6 is 24.0 Å². The lowest BCUT2D eigenvalue weighted by molar-refractivity contribution is 0.309. The summed E-state index contributed by atoms with van der Waals surface area (Å²) in [5, 5.41) is 6.56. The highest BCUT2D eigenvalue weighted by atomic mass is 127. The second kappa shape index (κ2) is 12.6. The third-order valence-corrected chi connectivity index (χ3v) is 2.85. The third-order valence-electron chi connectivity index (χ3n) is 2.85. The van der Waals surface area contributed by atoms with Crippen molar-refractivity contribution in [2.45, 2.75) is 53.1 Å². The molecule has 2 N–H and O–H groups in total. The average molecular weight is 419 g/mol. The molecule has 1 aromatic rings. The number of hydrogen-bond acceptors (Lipinski definition) is 2. The van der Waals surface area contributed by atoms with Gasteiger partial charge in [0.05, 0.1) is 13.2 Å². The Kier molecular flexibility index (Phi) is 12.0. The average Bonchev–Trinajstić information content (AvgIpc) is 2.45. The summed E-state index contributed by atoms with van der Waals surface area (Å²) in [4.78, 5) is 4.60. The quantitative estimate of drug-likeness (QED) is 0.290. The van der Waals surface area contributed by atoms with Crippen LogP contribution in [-0.2, 0) is 6.54 Å². The summed E-state index contributed by atoms with van der Waals surface area (Å²) >= 11 is 0. The lowest BCUT2D eigenvalue weighted by atomic mass is 10.2. The first kappa shape index (κ1) is 21.0. The molecule has 0 bridgehead atoms. The normalized spacial score (nSPS) is 11.0. The second-order valence-corrected chi connectivity index (χ2v) is 5.34. The molecule has 22 heavy (non-hydrogen) atoms. The van der Waals surface area contributed by atoms with Gasteiger partial charge in [0, 0.05) is 12.6 Å². The van der Waals surface area contributed by atoms with Gasteiger partial charge in [-0.15, -0.1) is 24.0 Å². The molecule has 0 aromatic heterocycles. The molecule has 0 aliphatic carbocycles. The van der Waals surface area contributed by atoms with Gasteiger partial charge in [0.25, 0.3) is 0 Å². The molecule has 4 nitrogen and oxygen atoms in total. The summed E-state index contributed by atoms with van der Waals surface area (Å²) in [7, 11) is 0. The molecule has 0 spiro atoms. The second-order valence-electron chi connectivity index (χ2n) is 5.34. The third kappa shape index (κ3) is 9.12. The monoisotopic (exact) mass is 419 g/mol. The van der Waals surface area contributed by atoms with Crippen molar-refractivity contribution in [1.29, 1.82) is 0 Å². The number of halogens is 1. The van der Waals surface area contributed by atoms with E-state index >= 15 is 0 Å². The van der Waals surface area contributed by atoms with E-state index in [2.05, 4.69) is 55.5 Å². The van der Waals surface area contributed by atoms with Crippen molar-refractivity contribution >= 4 is 29.9 Å². The number of benzene rings is 1. The Morgan fingerprint density at radius 1 is 1.27 bits per heavy atom. The lowest BCUT2D eigenvalue weighted by Crippen LogP contribution is -2.40. The van der Waals surface area contributed by atoms with Crippen LogP contribution < -0.4 is 15.4 Å². The van der Waals surface area contributed by atoms with Gasteiger partial charge in [-0.05, 0) is 44.9 Å². The first-order valence-electron chi connectivity index (χ1n) is 7.92. The minimum absolute atomic E-state index is 0. The first-order chi connectivity index (χ1) is 10.2. The van der Waals surface area contributed by atoms with E-state index in [4.69, 9.17) is 4.74 Å². The number of rotatable bonds is 8. The first-order valence-corrected chi connectivity index (χ1v) is 7.92. The molecule has 0 saturated carbocycles. The van der Waals surface area contributed by atoms with Gasteiger partial charge in [-0.3, -0.25) is 0 Å². The Morgan fingerprint density at radius 2 is 2.05 bits per heavy atom. The largest absolute Gasteiger partial charge is 0.494 e. The number of hydrogen-bond donors (Lipinski definition) is 2. The van der Waals surface area contributed by atoms with Crippen LogP contribution in [0, 0.1) is 0 Å². The molecule has 0 atom stereocenters. The maximum Gasteiger partial charge on any atom is 0.191 e. The van der Waals surface area contributed by atoms with Gasteiger partial charge in [0.15, 0.2) is 5.96 Å². The van der Waals surface area contributed by atoms with Crippen LogP contribution in [0.1, 0.15) is 46.1 Å². The standard InChI is InChI=1S/C17H29N3O.HI/c1-5-7-11-21-16-10-8-9-15(12-16)13-19-17(18-6-2)20-14(3)4;/h8-10,12,14H,5-7,11,13H2,1-4H3,(H2,18,19,20);1H. The van der Waals surface area contributed by atoms with E-state index in [1.165, 1.54) is 0 Å². The van der Waals surface area contributed by atoms with Gasteiger partial charge in [-0.2, -0.15) is 0 Å². The molecule has 0 radical (unpaired) electrons. The van der Waals surface area contributed by atoms with E-state index in [1.54, 1.807) is 0 Å². The van der Waals surface area contributed by atoms with Gasteiger partial charge in [0.2, 0.25) is 0 Å². The van der Waals surface area contributed by atoms with Crippen LogP contribution in [0.3, 0.4) is 0 Å². The smallest absolute Gasteiger partial charge is 0.191 e. The van der Waals surface area contributed by atoms with Crippen molar-refractivity contribution in [2.24, 2.45) is 4.99 Å². The van der Waals surface area contributed by atoms with Crippen molar-refractivity contribution in [1.82, 2.24) is 10.6 Å². The summed E-state index contributed by atoms with van der Waals surface area (Å²) in [5.41, 5.74) is 1.16. The molecule has 126 valence electrons. The number of nitrogens with zero attached hydrogens (tertiary/aromatic N) is 1. The maximum atomic E-state index is 5.73. The topological polar surface area (TPSA) is 45.6 Å². The van der Waals surface area contributed by atoms with Crippen LogP contribution in [0.4, 0.5) is 0 Å². The number of nitrogens with one attached hydrogen (secondary N) is 2. The summed E-state index contributed by atoms with van der Waals surface area (Å²) in [6, 6.07) is 8.54. The van der Waals surface area contributed by atoms with Crippen LogP contribution in [-0.4, -0.2) is 25.2 Å². The minimum Gasteiger partial charge on any atom is -0.494 e. The Labute approximate surface area is 152 Å². The molecule has 5 heteroatoms. The van der Waals surface area contributed by atoms with E-state index in [1.807, 2.05) is 12.1 Å². The fourth-order valence-electron chi connectivity index (χ4n) is 1.83. The van der Waals surface area contributed by atoms with Crippen LogP contribution in [0.25, 0.3) is 0 Å². The van der Waals surface area contributed by atoms with Crippen molar-refractivity contribution in [3.05, 3.63) is 29.8 Å². The van der Waals surface area contributed by atoms with Crippen molar-refractivity contribution < 1.29 is 4.74 Å². The highest BCUT2D eigenvalue weighted by Gasteiger charge is 2.01. The molecule has 0 amide bonds. The highest BCUT2D eigenvalue weighted by Crippen LogP contribution is 2.14. The van der Waals surface area contributed by atoms with Crippen LogP contribution in [0.2, 0.25) is 0 Å². The van der Waals surface area contributed by atoms with E-state index in [0.717, 1.165) is 43.3 Å². The molecule has 0 unspecified atom stereocenters. The summed E-state index contributed by atoms with van der Waals surface area (Å²) in [6.45, 7) is 10.7. The Morgan fingerprint density at radius 3 is 2.68 bits per heavy atom. The van der Waals surface area contributed by atoms with Gasteiger partial charge >= 0.3 is 0 Å². The van der Waals surface area contributed by atoms with Crippen molar-refractivity contribution in [2.75, 3.05) is 13.2 Å². The van der Waals surface area contributed by atoms with E-state index < -0.39 is 0 Å². The van der Waals surface area contributed by atoms with Crippen LogP contribution in [0.15, 0.2) is 29.3 Å². The molecule has 1 aromatic carbocycles. The fourth-order valence-corrected chi connectivity index (χ4v) is 1.83. The predicted octanol–water partition coefficient (Wildman–Crippen LogP) is 3.95. The molecule has 0 heterocycles. The Bertz CT molecular complexity index is 436. The molecule has 0 saturated heterocycles. The SMILES string of the molecule is CCCCOc1cccc(CN=C(NCC)NC(C)C)c1.I. The number of ether oxygens (including phenoxy) is 1. The van der Waals surface area contributed by atoms with Gasteiger partial charge < -0.3 is 15.4 Å². The zero-order valence-electron chi connectivity index (χ0n) is 14.2. The maximum absolute atomic E-state index is 5.73. The molecule has 0 aliphatic rings. The number of guanidine groups is 1. The molecule has 0 aliphatic heterocycles. The molecule has 1 rings (SSSR count). The van der Waals surface area contributed by atoms with Gasteiger partial charge in [-0.1, -0.05) is 25.5 Å². The highest BCUT2D eigenvalue weighted by molar-refractivity contribution is 14.0. The summed E-state index contributed by atoms with van der Waals surface area (Å²) in [6.07, 6.45) is 2.24. The number of unbranched alkanes of at least 4 members (excludes halogenated alkanes) is 1. The fraction of sp³-hybridized carbons (Fsp3) is 0.588. The Balaban J connectivity index is 0.00000441. The van der Waals surface area contributed by atoms with Crippen molar-refractivity contribution in [3.63, 3.8) is 0 Å². The molecular formula is C17H30IN3O. The lowest BCUT2D eigenvalue weighted by Gasteiger charge is -2.14. The minimum atomic E-state index is 0. The van der Waals surface area contributed by atoms with Gasteiger partial charge in [0.1, 0.15) is 5.75 Å². The van der Waals surface area contributed by atoms with E-state index in [0.29, 0.717) is 12.6 Å². The number of aliphatic imine (C=N–C) groups is 1. The molecular weight excluding hydrogens is 389 g/mol. The summed E-state index contributed by atoms with van der Waals surface area (Å²) < 4.78 is 5.73. The predicted molar refractivity (Wildman–Crippen MR) is 105 cm³/mol. The molecule has 0 fully saturated rings. The zero-order valence-corrected chi connectivity index (χ0v) is 16.5. The van der Waals surface area contributed by atoms with Crippen LogP contribution in [0.5, 0.6) is 5.75 Å². The van der Waals surface area contributed by atoms with E-state index in [-0.39, 0.29) is 24.0 Å². The Hall–Kier alpha value is -0.980. The van der Waals surface area contributed by atoms with Gasteiger partial charge in [-0.25, -0.2) is 4.99 Å². The van der Waals surface area contributed by atoms with Crippen molar-refractivity contribution in [3.8, 4) is 5.75 Å². The zero-order chi connectivity index (χ0) is 15.5. The van der Waals surface area contributed by atoms with E-state index in [9.17, 15) is 0 Å². The summed E-state index contributed by atoms with van der Waals surface area (Å²) in [5.74, 6) is 1.78.